The molecule has 2 N–H and O–H groups in total. The van der Waals surface area contributed by atoms with Crippen LogP contribution in [0.3, 0.4) is 0 Å². The average molecular weight is 482 g/mol. The Morgan fingerprint density at radius 2 is 2.06 bits per heavy atom. The van der Waals surface area contributed by atoms with Gasteiger partial charge in [-0.1, -0.05) is 23.7 Å². The van der Waals surface area contributed by atoms with Gasteiger partial charge in [0.1, 0.15) is 5.75 Å². The maximum atomic E-state index is 11.7. The van der Waals surface area contributed by atoms with Gasteiger partial charge in [-0.05, 0) is 43.0 Å². The van der Waals surface area contributed by atoms with Gasteiger partial charge >= 0.3 is 5.69 Å². The topological polar surface area (TPSA) is 83.9 Å². The summed E-state index contributed by atoms with van der Waals surface area (Å²) < 4.78 is 12.7. The van der Waals surface area contributed by atoms with Crippen molar-refractivity contribution in [3.63, 3.8) is 0 Å². The van der Waals surface area contributed by atoms with Crippen LogP contribution in [0.1, 0.15) is 18.4 Å². The smallest absolute Gasteiger partial charge is 0.347 e. The maximum absolute atomic E-state index is 11.7. The van der Waals surface area contributed by atoms with E-state index in [1.54, 1.807) is 12.3 Å². The third-order valence-electron chi connectivity index (χ3n) is 5.33. The molecular formula is C22H29Cl2N5O3. The zero-order valence-electron chi connectivity index (χ0n) is 17.9. The molecule has 0 amide bonds. The van der Waals surface area contributed by atoms with Gasteiger partial charge in [-0.2, -0.15) is 5.10 Å². The first-order chi connectivity index (χ1) is 15.2. The van der Waals surface area contributed by atoms with Crippen molar-refractivity contribution in [2.75, 3.05) is 51.3 Å². The van der Waals surface area contributed by atoms with Gasteiger partial charge in [-0.3, -0.25) is 4.90 Å². The van der Waals surface area contributed by atoms with Gasteiger partial charge in [-0.15, -0.1) is 12.4 Å². The molecule has 32 heavy (non-hydrogen) atoms. The van der Waals surface area contributed by atoms with E-state index >= 15 is 0 Å². The molecule has 3 heterocycles. The second-order valence-electron chi connectivity index (χ2n) is 7.63. The van der Waals surface area contributed by atoms with E-state index in [2.05, 4.69) is 32.5 Å². The van der Waals surface area contributed by atoms with Gasteiger partial charge in [-0.25, -0.2) is 14.3 Å². The van der Waals surface area contributed by atoms with Crippen molar-refractivity contribution in [3.8, 4) is 5.75 Å². The second-order valence-corrected chi connectivity index (χ2v) is 8.06. The lowest BCUT2D eigenvalue weighted by molar-refractivity contribution is 0.0358. The minimum absolute atomic E-state index is 0. The van der Waals surface area contributed by atoms with Gasteiger partial charge in [0.15, 0.2) is 5.65 Å². The number of benzene rings is 1. The number of aromatic nitrogens is 3. The van der Waals surface area contributed by atoms with E-state index in [0.29, 0.717) is 10.7 Å². The number of H-pyrrole nitrogens is 1. The van der Waals surface area contributed by atoms with Crippen LogP contribution in [0.5, 0.6) is 5.75 Å². The first-order valence-electron chi connectivity index (χ1n) is 10.7. The van der Waals surface area contributed by atoms with Gasteiger partial charge in [0, 0.05) is 32.4 Å². The number of hydrogen-bond donors (Lipinski definition) is 2. The van der Waals surface area contributed by atoms with Crippen molar-refractivity contribution in [1.29, 1.82) is 0 Å². The predicted octanol–water partition coefficient (Wildman–Crippen LogP) is 3.24. The highest BCUT2D eigenvalue weighted by Crippen LogP contribution is 2.20. The Bertz CT molecular complexity index is 1050. The van der Waals surface area contributed by atoms with Crippen LogP contribution in [0, 0.1) is 0 Å². The van der Waals surface area contributed by atoms with Crippen LogP contribution in [0.2, 0.25) is 5.02 Å². The summed E-state index contributed by atoms with van der Waals surface area (Å²) in [6.07, 6.45) is 4.41. The van der Waals surface area contributed by atoms with E-state index in [1.165, 1.54) is 9.96 Å². The number of rotatable bonds is 10. The number of anilines is 1. The minimum Gasteiger partial charge on any atom is -0.494 e. The largest absolute Gasteiger partial charge is 0.494 e. The maximum Gasteiger partial charge on any atom is 0.347 e. The Kier molecular flexibility index (Phi) is 9.23. The molecule has 1 aliphatic rings. The number of nitrogens with zero attached hydrogens (tertiary/aromatic N) is 3. The van der Waals surface area contributed by atoms with Crippen molar-refractivity contribution in [3.05, 3.63) is 57.6 Å². The molecule has 4 rings (SSSR count). The molecule has 0 radical (unpaired) electrons. The van der Waals surface area contributed by atoms with Gasteiger partial charge < -0.3 is 14.8 Å². The molecule has 0 unspecified atom stereocenters. The molecule has 1 aliphatic heterocycles. The highest BCUT2D eigenvalue weighted by molar-refractivity contribution is 6.30. The standard InChI is InChI=1S/C22H28ClN5O3.ClH/c23-18-15-20(21-25-26-22(29)28(21)16-18)24-7-2-5-17-4-1-6-19(14-17)31-11-3-8-27-9-12-30-13-10-27;/h1,4,6,14-16,24H,2-3,5,7-13H2,(H,26,29);1H. The molecule has 1 aromatic carbocycles. The molecule has 10 heteroatoms. The Hall–Kier alpha value is -2.26. The summed E-state index contributed by atoms with van der Waals surface area (Å²) in [5, 5.41) is 10.3. The molecule has 1 fully saturated rings. The number of ether oxygens (including phenoxy) is 2. The number of aromatic amines is 1. The number of nitrogens with one attached hydrogen (secondary N) is 2. The summed E-state index contributed by atoms with van der Waals surface area (Å²) in [4.78, 5) is 14.2. The molecule has 0 bridgehead atoms. The predicted molar refractivity (Wildman–Crippen MR) is 129 cm³/mol. The Morgan fingerprint density at radius 3 is 2.91 bits per heavy atom. The van der Waals surface area contributed by atoms with Crippen LogP contribution in [-0.4, -0.2) is 65.5 Å². The van der Waals surface area contributed by atoms with Crippen LogP contribution >= 0.6 is 24.0 Å². The normalized spacial score (nSPS) is 14.3. The monoisotopic (exact) mass is 481 g/mol. The van der Waals surface area contributed by atoms with E-state index < -0.39 is 0 Å². The van der Waals surface area contributed by atoms with E-state index in [9.17, 15) is 4.79 Å². The molecule has 0 aliphatic carbocycles. The molecule has 0 spiro atoms. The number of halogens is 2. The molecule has 0 saturated carbocycles. The fourth-order valence-corrected chi connectivity index (χ4v) is 3.92. The second kappa shape index (κ2) is 12.1. The summed E-state index contributed by atoms with van der Waals surface area (Å²) in [5.74, 6) is 0.917. The van der Waals surface area contributed by atoms with Gasteiger partial charge in [0.2, 0.25) is 0 Å². The Balaban J connectivity index is 0.00000289. The molecule has 174 valence electrons. The van der Waals surface area contributed by atoms with Gasteiger partial charge in [0.05, 0.1) is 30.5 Å². The van der Waals surface area contributed by atoms with E-state index in [-0.39, 0.29) is 18.1 Å². The molecule has 0 atom stereocenters. The quantitative estimate of drug-likeness (QED) is 0.432. The lowest BCUT2D eigenvalue weighted by Gasteiger charge is -2.26. The van der Waals surface area contributed by atoms with Gasteiger partial charge in [0.25, 0.3) is 0 Å². The number of aryl methyl sites for hydroxylation is 1. The SMILES string of the molecule is Cl.O=c1[nH]nc2c(NCCCc3cccc(OCCCN4CCOCC4)c3)cc(Cl)cn12. The van der Waals surface area contributed by atoms with E-state index in [4.69, 9.17) is 21.1 Å². The molecule has 3 aromatic rings. The lowest BCUT2D eigenvalue weighted by atomic mass is 10.1. The van der Waals surface area contributed by atoms with Crippen LogP contribution in [0.15, 0.2) is 41.3 Å². The van der Waals surface area contributed by atoms with Crippen LogP contribution < -0.4 is 15.7 Å². The van der Waals surface area contributed by atoms with Crippen molar-refractivity contribution in [2.24, 2.45) is 0 Å². The highest BCUT2D eigenvalue weighted by atomic mass is 35.5. The van der Waals surface area contributed by atoms with E-state index in [1.807, 2.05) is 12.1 Å². The summed E-state index contributed by atoms with van der Waals surface area (Å²) in [6.45, 7) is 6.20. The molecule has 1 saturated heterocycles. The molecule has 2 aromatic heterocycles. The third-order valence-corrected chi connectivity index (χ3v) is 5.53. The van der Waals surface area contributed by atoms with Crippen molar-refractivity contribution < 1.29 is 9.47 Å². The Morgan fingerprint density at radius 1 is 1.22 bits per heavy atom. The average Bonchev–Trinajstić information content (AvgIpc) is 3.16. The number of fused-ring (bicyclic) bond motifs is 1. The first-order valence-corrected chi connectivity index (χ1v) is 11.1. The Labute approximate surface area is 198 Å². The fraction of sp³-hybridized carbons (Fsp3) is 0.455. The number of pyridine rings is 1. The van der Waals surface area contributed by atoms with Crippen molar-refractivity contribution >= 4 is 35.3 Å². The fourth-order valence-electron chi connectivity index (χ4n) is 3.72. The summed E-state index contributed by atoms with van der Waals surface area (Å²) in [7, 11) is 0. The summed E-state index contributed by atoms with van der Waals surface area (Å²) >= 11 is 6.11. The first kappa shape index (κ1) is 24.4. The highest BCUT2D eigenvalue weighted by Gasteiger charge is 2.10. The summed E-state index contributed by atoms with van der Waals surface area (Å²) in [5.41, 5.74) is 2.21. The number of hydrogen-bond acceptors (Lipinski definition) is 6. The van der Waals surface area contributed by atoms with Crippen LogP contribution in [0.25, 0.3) is 5.65 Å². The van der Waals surface area contributed by atoms with Crippen LogP contribution in [-0.2, 0) is 11.2 Å². The number of morpholine rings is 1. The lowest BCUT2D eigenvalue weighted by Crippen LogP contribution is -2.37. The third kappa shape index (κ3) is 6.62. The minimum atomic E-state index is -0.303. The summed E-state index contributed by atoms with van der Waals surface area (Å²) in [6, 6.07) is 10.1. The zero-order valence-corrected chi connectivity index (χ0v) is 19.5. The van der Waals surface area contributed by atoms with Crippen molar-refractivity contribution in [1.82, 2.24) is 19.5 Å². The zero-order chi connectivity index (χ0) is 21.5. The van der Waals surface area contributed by atoms with Crippen LogP contribution in [0.4, 0.5) is 5.69 Å². The molecule has 8 nitrogen and oxygen atoms in total. The van der Waals surface area contributed by atoms with E-state index in [0.717, 1.165) is 76.7 Å². The molecular weight excluding hydrogens is 453 g/mol. The van der Waals surface area contributed by atoms with Crippen molar-refractivity contribution in [2.45, 2.75) is 19.3 Å².